The lowest BCUT2D eigenvalue weighted by Gasteiger charge is -2.38. The monoisotopic (exact) mass is 595 g/mol. The highest BCUT2D eigenvalue weighted by Gasteiger charge is 2.47. The van der Waals surface area contributed by atoms with Gasteiger partial charge in [-0.2, -0.15) is 0 Å². The van der Waals surface area contributed by atoms with Crippen molar-refractivity contribution in [2.75, 3.05) is 33.3 Å². The smallest absolute Gasteiger partial charge is 0.229 e. The standard InChI is InChI=1S/C32H42BrN3O3/c1-39-29-10-6-5-9-27(29)28(34-30(37)25-7-3-2-4-8-25)15-19-35-20-16-32(17-21-35)18-22-36(31(32)38)23-24-11-13-26(33)14-12-24/h5-6,9-14,25,28H,2-4,7-8,15-23H2,1H3,(H,34,37). The first-order valence-electron chi connectivity index (χ1n) is 14.7. The second-order valence-electron chi connectivity index (χ2n) is 11.7. The number of rotatable bonds is 9. The molecule has 7 heteroatoms. The Balaban J connectivity index is 1.18. The molecule has 2 aromatic rings. The largest absolute Gasteiger partial charge is 0.496 e. The van der Waals surface area contributed by atoms with Gasteiger partial charge in [-0.3, -0.25) is 9.59 Å². The van der Waals surface area contributed by atoms with E-state index >= 15 is 0 Å². The first kappa shape index (κ1) is 28.2. The Hall–Kier alpha value is -2.38. The molecule has 6 nitrogen and oxygen atoms in total. The van der Waals surface area contributed by atoms with E-state index in [1.165, 1.54) is 12.0 Å². The van der Waals surface area contributed by atoms with Gasteiger partial charge in [-0.25, -0.2) is 0 Å². The molecule has 2 amide bonds. The zero-order valence-electron chi connectivity index (χ0n) is 23.2. The fourth-order valence-electron chi connectivity index (χ4n) is 6.75. The minimum absolute atomic E-state index is 0.0824. The summed E-state index contributed by atoms with van der Waals surface area (Å²) in [5, 5.41) is 3.40. The van der Waals surface area contributed by atoms with Gasteiger partial charge < -0.3 is 19.9 Å². The van der Waals surface area contributed by atoms with Crippen LogP contribution in [0.5, 0.6) is 5.75 Å². The molecule has 1 spiro atoms. The number of carbonyl (C=O) groups excluding carboxylic acids is 2. The summed E-state index contributed by atoms with van der Waals surface area (Å²) in [6.45, 7) is 4.28. The van der Waals surface area contributed by atoms with Crippen molar-refractivity contribution in [1.29, 1.82) is 0 Å². The highest BCUT2D eigenvalue weighted by atomic mass is 79.9. The summed E-state index contributed by atoms with van der Waals surface area (Å²) in [5.74, 6) is 1.47. The van der Waals surface area contributed by atoms with Gasteiger partial charge in [0, 0.05) is 35.6 Å². The molecule has 2 aromatic carbocycles. The van der Waals surface area contributed by atoms with Crippen LogP contribution < -0.4 is 10.1 Å². The molecule has 1 unspecified atom stereocenters. The number of methoxy groups -OCH3 is 1. The maximum atomic E-state index is 13.5. The number of para-hydroxylation sites is 1. The number of likely N-dealkylation sites (tertiary alicyclic amines) is 2. The van der Waals surface area contributed by atoms with Crippen LogP contribution in [0.3, 0.4) is 0 Å². The Morgan fingerprint density at radius 2 is 1.72 bits per heavy atom. The first-order valence-corrected chi connectivity index (χ1v) is 15.5. The van der Waals surface area contributed by atoms with E-state index in [2.05, 4.69) is 49.2 Å². The predicted molar refractivity (Wildman–Crippen MR) is 157 cm³/mol. The number of hydrogen-bond acceptors (Lipinski definition) is 4. The molecular weight excluding hydrogens is 554 g/mol. The normalized spacial score (nSPS) is 20.8. The molecule has 1 N–H and O–H groups in total. The molecule has 1 atom stereocenters. The van der Waals surface area contributed by atoms with Crippen molar-refractivity contribution in [3.63, 3.8) is 0 Å². The molecule has 3 aliphatic rings. The van der Waals surface area contributed by atoms with Gasteiger partial charge in [0.1, 0.15) is 5.75 Å². The number of benzene rings is 2. The summed E-state index contributed by atoms with van der Waals surface area (Å²) < 4.78 is 6.73. The molecule has 1 saturated carbocycles. The van der Waals surface area contributed by atoms with Crippen LogP contribution in [0, 0.1) is 11.3 Å². The van der Waals surface area contributed by atoms with Crippen molar-refractivity contribution in [3.8, 4) is 5.75 Å². The van der Waals surface area contributed by atoms with Crippen LogP contribution in [0.1, 0.15) is 75.0 Å². The van der Waals surface area contributed by atoms with Crippen molar-refractivity contribution >= 4 is 27.7 Å². The molecule has 0 radical (unpaired) electrons. The van der Waals surface area contributed by atoms with E-state index in [9.17, 15) is 9.59 Å². The highest BCUT2D eigenvalue weighted by molar-refractivity contribution is 9.10. The fourth-order valence-corrected chi connectivity index (χ4v) is 7.01. The maximum absolute atomic E-state index is 13.5. The minimum atomic E-state index is -0.205. The van der Waals surface area contributed by atoms with Gasteiger partial charge >= 0.3 is 0 Å². The average molecular weight is 597 g/mol. The van der Waals surface area contributed by atoms with Crippen LogP contribution in [0.4, 0.5) is 0 Å². The third-order valence-corrected chi connectivity index (χ3v) is 9.77. The van der Waals surface area contributed by atoms with E-state index in [4.69, 9.17) is 4.74 Å². The van der Waals surface area contributed by atoms with E-state index in [-0.39, 0.29) is 23.3 Å². The van der Waals surface area contributed by atoms with E-state index in [1.54, 1.807) is 7.11 Å². The lowest BCUT2D eigenvalue weighted by molar-refractivity contribution is -0.139. The van der Waals surface area contributed by atoms with Gasteiger partial charge in [-0.1, -0.05) is 65.5 Å². The quantitative estimate of drug-likeness (QED) is 0.380. The Kier molecular flexibility index (Phi) is 9.28. The summed E-state index contributed by atoms with van der Waals surface area (Å²) in [7, 11) is 1.70. The Labute approximate surface area is 241 Å². The Morgan fingerprint density at radius 1 is 1.03 bits per heavy atom. The molecule has 5 rings (SSSR count). The number of hydrogen-bond donors (Lipinski definition) is 1. The SMILES string of the molecule is COc1ccccc1C(CCN1CCC2(CC1)CCN(Cc1ccc(Br)cc1)C2=O)NC(=O)C1CCCCC1. The van der Waals surface area contributed by atoms with E-state index < -0.39 is 0 Å². The van der Waals surface area contributed by atoms with Crippen molar-refractivity contribution in [2.24, 2.45) is 11.3 Å². The summed E-state index contributed by atoms with van der Waals surface area (Å²) in [6.07, 6.45) is 9.12. The fraction of sp³-hybridized carbons (Fsp3) is 0.562. The summed E-state index contributed by atoms with van der Waals surface area (Å²) >= 11 is 3.49. The zero-order chi connectivity index (χ0) is 27.2. The molecule has 3 fully saturated rings. The van der Waals surface area contributed by atoms with E-state index in [1.807, 2.05) is 30.3 Å². The first-order chi connectivity index (χ1) is 19.0. The third-order valence-electron chi connectivity index (χ3n) is 9.24. The third kappa shape index (κ3) is 6.68. The van der Waals surface area contributed by atoms with Gasteiger partial charge in [0.2, 0.25) is 11.8 Å². The number of amides is 2. The van der Waals surface area contributed by atoms with Gasteiger partial charge in [0.25, 0.3) is 0 Å². The lowest BCUT2D eigenvalue weighted by Crippen LogP contribution is -2.45. The molecule has 2 saturated heterocycles. The van der Waals surface area contributed by atoms with Crippen molar-refractivity contribution < 1.29 is 14.3 Å². The van der Waals surface area contributed by atoms with Crippen LogP contribution in [0.15, 0.2) is 53.0 Å². The minimum Gasteiger partial charge on any atom is -0.496 e. The number of piperidine rings is 1. The van der Waals surface area contributed by atoms with Crippen LogP contribution in [-0.2, 0) is 16.1 Å². The summed E-state index contributed by atoms with van der Waals surface area (Å²) in [5.41, 5.74) is 2.02. The van der Waals surface area contributed by atoms with Crippen LogP contribution >= 0.6 is 15.9 Å². The van der Waals surface area contributed by atoms with Gasteiger partial charge in [-0.15, -0.1) is 0 Å². The Morgan fingerprint density at radius 3 is 2.44 bits per heavy atom. The second kappa shape index (κ2) is 12.9. The maximum Gasteiger partial charge on any atom is 0.229 e. The molecule has 39 heavy (non-hydrogen) atoms. The molecule has 1 aliphatic carbocycles. The van der Waals surface area contributed by atoms with Crippen molar-refractivity contribution in [2.45, 2.75) is 70.4 Å². The number of ether oxygens (including phenoxy) is 1. The van der Waals surface area contributed by atoms with Crippen LogP contribution in [-0.4, -0.2) is 54.9 Å². The van der Waals surface area contributed by atoms with Gasteiger partial charge in [0.15, 0.2) is 0 Å². The number of nitrogens with one attached hydrogen (secondary N) is 1. The molecule has 0 aromatic heterocycles. The van der Waals surface area contributed by atoms with Gasteiger partial charge in [0.05, 0.1) is 18.6 Å². The second-order valence-corrected chi connectivity index (χ2v) is 12.6. The topological polar surface area (TPSA) is 61.9 Å². The van der Waals surface area contributed by atoms with Crippen molar-refractivity contribution in [1.82, 2.24) is 15.1 Å². The Bertz CT molecular complexity index is 1120. The molecule has 2 heterocycles. The highest BCUT2D eigenvalue weighted by Crippen LogP contribution is 2.42. The number of carbonyl (C=O) groups is 2. The summed E-state index contributed by atoms with van der Waals surface area (Å²) in [6, 6.07) is 16.2. The van der Waals surface area contributed by atoms with Gasteiger partial charge in [-0.05, 0) is 75.4 Å². The number of nitrogens with zero attached hydrogens (tertiary/aromatic N) is 2. The molecular formula is C32H42BrN3O3. The van der Waals surface area contributed by atoms with E-state index in [0.29, 0.717) is 12.5 Å². The van der Waals surface area contributed by atoms with Crippen LogP contribution in [0.25, 0.3) is 0 Å². The summed E-state index contributed by atoms with van der Waals surface area (Å²) in [4.78, 5) is 31.2. The average Bonchev–Trinajstić information content (AvgIpc) is 3.27. The van der Waals surface area contributed by atoms with Crippen LogP contribution in [0.2, 0.25) is 0 Å². The zero-order valence-corrected chi connectivity index (χ0v) is 24.8. The molecule has 210 valence electrons. The lowest BCUT2D eigenvalue weighted by atomic mass is 9.77. The van der Waals surface area contributed by atoms with E-state index in [0.717, 1.165) is 93.3 Å². The predicted octanol–water partition coefficient (Wildman–Crippen LogP) is 6.10. The van der Waals surface area contributed by atoms with Crippen molar-refractivity contribution in [3.05, 3.63) is 64.1 Å². The molecule has 2 aliphatic heterocycles. The molecule has 0 bridgehead atoms. The number of halogens is 1.